The van der Waals surface area contributed by atoms with E-state index in [0.717, 1.165) is 60.4 Å². The van der Waals surface area contributed by atoms with Crippen molar-refractivity contribution in [3.63, 3.8) is 0 Å². The van der Waals surface area contributed by atoms with E-state index >= 15 is 13.2 Å². The highest BCUT2D eigenvalue weighted by atomic mass is 32.1. The molecule has 4 bridgehead atoms. The molecule has 7 aliphatic heterocycles. The predicted molar refractivity (Wildman–Crippen MR) is 284 cm³/mol. The van der Waals surface area contributed by atoms with Crippen LogP contribution < -0.4 is 4.90 Å². The molecule has 0 radical (unpaired) electrons. The maximum Gasteiger partial charge on any atom is 0.437 e. The Bertz CT molecular complexity index is 3540. The van der Waals surface area contributed by atoms with Crippen LogP contribution in [-0.2, 0) is 64.7 Å². The van der Waals surface area contributed by atoms with Crippen LogP contribution in [0.4, 0.5) is 18.9 Å². The first-order valence-corrected chi connectivity index (χ1v) is 27.3. The fourth-order valence-corrected chi connectivity index (χ4v) is 13.2. The Hall–Kier alpha value is -8.72. The van der Waals surface area contributed by atoms with Gasteiger partial charge in [-0.1, -0.05) is 72.8 Å². The van der Waals surface area contributed by atoms with Gasteiger partial charge in [0.2, 0.25) is 23.6 Å². The van der Waals surface area contributed by atoms with Crippen LogP contribution >= 0.6 is 22.7 Å². The molecule has 0 saturated carbocycles. The lowest BCUT2D eigenvalue weighted by Gasteiger charge is -2.33. The molecule has 410 valence electrons. The molecule has 9 heterocycles. The lowest BCUT2D eigenvalue weighted by Crippen LogP contribution is -2.43. The molecule has 4 aromatic rings. The summed E-state index contributed by atoms with van der Waals surface area (Å²) in [7, 11) is 1.85. The second-order valence-corrected chi connectivity index (χ2v) is 22.1. The number of rotatable bonds is 18. The molecule has 9 atom stereocenters. The number of hydrogen-bond donors (Lipinski definition) is 0. The van der Waals surface area contributed by atoms with E-state index in [1.165, 1.54) is 47.8 Å². The molecule has 17 nitrogen and oxygen atoms in total. The van der Waals surface area contributed by atoms with Crippen molar-refractivity contribution in [2.45, 2.75) is 55.6 Å². The first-order valence-electron chi connectivity index (χ1n) is 25.6. The quantitative estimate of drug-likeness (QED) is 0.0398. The van der Waals surface area contributed by atoms with Crippen molar-refractivity contribution in [1.29, 1.82) is 15.8 Å². The van der Waals surface area contributed by atoms with Gasteiger partial charge in [-0.25, -0.2) is 0 Å². The molecule has 22 heteroatoms. The van der Waals surface area contributed by atoms with Gasteiger partial charge in [-0.05, 0) is 54.1 Å². The number of nitrogens with zero attached hydrogens (tertiary/aromatic N) is 6. The van der Waals surface area contributed by atoms with Crippen molar-refractivity contribution >= 4 is 82.2 Å². The first-order chi connectivity index (χ1) is 39.0. The molecule has 11 rings (SSSR count). The van der Waals surface area contributed by atoms with Gasteiger partial charge < -0.3 is 28.6 Å². The van der Waals surface area contributed by atoms with E-state index in [0.29, 0.717) is 21.9 Å². The summed E-state index contributed by atoms with van der Waals surface area (Å²) in [6.45, 7) is -0.191. The molecule has 0 spiro atoms. The minimum Gasteiger partial charge on any atom is -0.465 e. The normalized spacial score (nSPS) is 25.8. The fourth-order valence-electron chi connectivity index (χ4n) is 11.3. The van der Waals surface area contributed by atoms with E-state index in [1.54, 1.807) is 42.5 Å². The minimum atomic E-state index is -5.23. The number of anilines is 1. The van der Waals surface area contributed by atoms with Crippen LogP contribution in [0.25, 0.3) is 28.7 Å². The van der Waals surface area contributed by atoms with Crippen molar-refractivity contribution in [2.75, 3.05) is 38.2 Å². The summed E-state index contributed by atoms with van der Waals surface area (Å²) < 4.78 is 74.9. The average molecular weight is 1140 g/mol. The number of thiophene rings is 2. The van der Waals surface area contributed by atoms with Gasteiger partial charge in [-0.3, -0.25) is 38.6 Å². The van der Waals surface area contributed by atoms with E-state index < -0.39 is 112 Å². The average Bonchev–Trinajstić information content (AvgIpc) is 4.53. The maximum atomic E-state index is 15.6. The van der Waals surface area contributed by atoms with Gasteiger partial charge in [-0.15, -0.1) is 22.7 Å². The zero-order chi connectivity index (χ0) is 56.9. The molecule has 81 heavy (non-hydrogen) atoms. The van der Waals surface area contributed by atoms with Crippen LogP contribution in [0.1, 0.15) is 38.6 Å². The number of halogens is 3. The number of nitriles is 3. The van der Waals surface area contributed by atoms with Crippen LogP contribution in [0.15, 0.2) is 126 Å². The molecule has 2 aromatic carbocycles. The summed E-state index contributed by atoms with van der Waals surface area (Å²) in [5.74, 6) is -5.97. The molecule has 0 aliphatic carbocycles. The Morgan fingerprint density at radius 3 is 1.81 bits per heavy atom. The Kier molecular flexibility index (Phi) is 14.6. The lowest BCUT2D eigenvalue weighted by molar-refractivity contribution is -0.249. The molecule has 4 fully saturated rings. The minimum absolute atomic E-state index is 0.0481. The number of allylic oxidation sites excluding steroid dienone is 2. The molecule has 9 unspecified atom stereocenters. The highest BCUT2D eigenvalue weighted by molar-refractivity contribution is 7.16. The van der Waals surface area contributed by atoms with Gasteiger partial charge in [-0.2, -0.15) is 29.0 Å². The third-order valence-electron chi connectivity index (χ3n) is 15.3. The number of hydrogen-bond acceptors (Lipinski definition) is 17. The van der Waals surface area contributed by atoms with Crippen molar-refractivity contribution in [3.8, 4) is 28.6 Å². The van der Waals surface area contributed by atoms with E-state index in [4.69, 9.17) is 23.7 Å². The summed E-state index contributed by atoms with van der Waals surface area (Å²) >= 11 is 2.62. The highest BCUT2D eigenvalue weighted by Gasteiger charge is 2.66. The molecule has 4 saturated heterocycles. The fraction of sp³-hybridized carbons (Fsp3) is 0.305. The van der Waals surface area contributed by atoms with Crippen LogP contribution in [0.5, 0.6) is 0 Å². The number of ether oxygens (including phenoxy) is 5. The number of alkyl halides is 3. The number of carbonyl (C=O) groups excluding carboxylic acids is 6. The van der Waals surface area contributed by atoms with E-state index in [2.05, 4.69) is 0 Å². The number of likely N-dealkylation sites (N-methyl/N-ethyl adjacent to an activating group) is 1. The SMILES string of the molecule is CN(CCOC(=O)CCN1C(=O)C2C3C=CC(O3)C2C1=O)c1ccc(-c2ccc(/C=C/c3cc(COC(=O)CCN4C(=O)C5C6C=CC(O6)C5C4=O)c(/C=C/C4=C(C#N)C(=C(C#N)C#N)OC4(c4ccccc4)C(F)(F)F)s3)s2)cc1. The number of carbonyl (C=O) groups is 6. The summed E-state index contributed by atoms with van der Waals surface area (Å²) in [4.78, 5) is 84.9. The van der Waals surface area contributed by atoms with Gasteiger partial charge in [0, 0.05) is 62.0 Å². The zero-order valence-electron chi connectivity index (χ0n) is 42.7. The molecule has 2 aromatic heterocycles. The van der Waals surface area contributed by atoms with Crippen LogP contribution in [-0.4, -0.2) is 109 Å². The number of esters is 2. The van der Waals surface area contributed by atoms with Gasteiger partial charge >= 0.3 is 18.1 Å². The number of fused-ring (bicyclic) bond motifs is 10. The van der Waals surface area contributed by atoms with E-state index in [1.807, 2.05) is 54.4 Å². The topological polar surface area (TPSA) is 230 Å². The maximum absolute atomic E-state index is 15.6. The third-order valence-corrected chi connectivity index (χ3v) is 17.5. The molecule has 0 N–H and O–H groups in total. The third kappa shape index (κ3) is 9.75. The van der Waals surface area contributed by atoms with Crippen LogP contribution in [0, 0.1) is 57.7 Å². The van der Waals surface area contributed by atoms with Crippen molar-refractivity contribution in [3.05, 3.63) is 151 Å². The number of amides is 4. The van der Waals surface area contributed by atoms with Crippen LogP contribution in [0.2, 0.25) is 0 Å². The second-order valence-electron chi connectivity index (χ2n) is 19.9. The van der Waals surface area contributed by atoms with Crippen molar-refractivity contribution in [2.24, 2.45) is 23.7 Å². The summed E-state index contributed by atoms with van der Waals surface area (Å²) in [5.41, 5.74) is -3.80. The number of benzene rings is 2. The molecule has 4 amide bonds. The standard InChI is InChI=1S/C59H45F3N6O11S2/c1-66(25-26-75-47(69)21-23-67-54(71)49-41-15-16-42(77-41)50(49)55(67)72)36-9-7-32(8-10-36)45-19-13-37(80-45)11-12-38-27-33(31-76-48(70)22-24-68-56(73)51-43-17-18-44(78-43)52(51)57(68)74)46(81-38)20-14-40-39(30-65)53(34(28-63)29-64)79-58(40,59(60,61)62)35-5-3-2-4-6-35/h2-20,27,41-44,49-52H,21-26,31H2,1H3/b12-11+,20-14+. The highest BCUT2D eigenvalue weighted by Crippen LogP contribution is 2.56. The number of likely N-dealkylation sites (tertiary alicyclic amines) is 2. The summed E-state index contributed by atoms with van der Waals surface area (Å²) in [6.07, 6.45) is 5.62. The smallest absolute Gasteiger partial charge is 0.437 e. The predicted octanol–water partition coefficient (Wildman–Crippen LogP) is 7.95. The van der Waals surface area contributed by atoms with Gasteiger partial charge in [0.1, 0.15) is 37.0 Å². The Morgan fingerprint density at radius 1 is 0.716 bits per heavy atom. The summed E-state index contributed by atoms with van der Waals surface area (Å²) in [5, 5.41) is 29.8. The van der Waals surface area contributed by atoms with Gasteiger partial charge in [0.25, 0.3) is 5.60 Å². The van der Waals surface area contributed by atoms with Crippen molar-refractivity contribution in [1.82, 2.24) is 9.80 Å². The Labute approximate surface area is 468 Å². The molecule has 7 aliphatic rings. The zero-order valence-corrected chi connectivity index (χ0v) is 44.4. The largest absolute Gasteiger partial charge is 0.465 e. The van der Waals surface area contributed by atoms with E-state index in [-0.39, 0.29) is 51.0 Å². The van der Waals surface area contributed by atoms with Crippen LogP contribution in [0.3, 0.4) is 0 Å². The Morgan fingerprint density at radius 2 is 1.27 bits per heavy atom. The van der Waals surface area contributed by atoms with Gasteiger partial charge in [0.05, 0.1) is 67.5 Å². The van der Waals surface area contributed by atoms with Crippen molar-refractivity contribution < 1.29 is 65.6 Å². The van der Waals surface area contributed by atoms with E-state index in [9.17, 15) is 44.6 Å². The lowest BCUT2D eigenvalue weighted by atomic mass is 9.84. The van der Waals surface area contributed by atoms with Gasteiger partial charge in [0.15, 0.2) is 11.3 Å². The monoisotopic (exact) mass is 1130 g/mol. The second kappa shape index (κ2) is 21.7. The number of imide groups is 2. The molecular formula is C59H45F3N6O11S2. The Balaban J connectivity index is 0.772. The molecular weight excluding hydrogens is 1090 g/mol. The summed E-state index contributed by atoms with van der Waals surface area (Å²) in [6, 6.07) is 24.6. The first kappa shape index (κ1) is 54.2.